The molecule has 2 aliphatic rings. The van der Waals surface area contributed by atoms with E-state index in [-0.39, 0.29) is 5.91 Å². The highest BCUT2D eigenvalue weighted by Crippen LogP contribution is 2.51. The molecule has 160 valence electrons. The Morgan fingerprint density at radius 3 is 2.61 bits per heavy atom. The molecular weight excluding hydrogens is 392 g/mol. The molecule has 5 rings (SSSR count). The topological polar surface area (TPSA) is 64.8 Å². The molecule has 1 aliphatic carbocycles. The molecule has 1 fully saturated rings. The highest BCUT2D eigenvalue weighted by molar-refractivity contribution is 6.03. The fraction of sp³-hybridized carbons (Fsp3) is 0.360. The summed E-state index contributed by atoms with van der Waals surface area (Å²) < 4.78 is 16.4. The number of carbonyl (C=O) groups is 1. The van der Waals surface area contributed by atoms with Gasteiger partial charge >= 0.3 is 0 Å². The maximum absolute atomic E-state index is 13.7. The zero-order chi connectivity index (χ0) is 21.6. The maximum Gasteiger partial charge on any atom is 0.239 e. The average molecular weight is 418 g/mol. The highest BCUT2D eigenvalue weighted by atomic mass is 16.5. The third-order valence-electron chi connectivity index (χ3n) is 6.43. The molecular formula is C25H26N2O4. The van der Waals surface area contributed by atoms with E-state index in [4.69, 9.17) is 14.0 Å². The molecule has 1 saturated carbocycles. The van der Waals surface area contributed by atoms with Crippen molar-refractivity contribution < 1.29 is 18.8 Å². The minimum absolute atomic E-state index is 0.129. The van der Waals surface area contributed by atoms with Crippen LogP contribution < -0.4 is 14.4 Å². The number of nitrogens with zero attached hydrogens (tertiary/aromatic N) is 2. The standard InChI is InChI=1S/C25H26N2O4/c1-16-6-8-19-17(13-16)5-4-12-27(19)24(28)25(10-11-25)23-15-21(31-26-23)18-7-9-20(29-2)22(14-18)30-3/h6-9,13-15H,4-5,10-12H2,1-3H3. The van der Waals surface area contributed by atoms with Crippen LogP contribution in [0.15, 0.2) is 47.0 Å². The highest BCUT2D eigenvalue weighted by Gasteiger charge is 2.56. The first-order valence-electron chi connectivity index (χ1n) is 10.7. The van der Waals surface area contributed by atoms with Gasteiger partial charge in [-0.2, -0.15) is 0 Å². The van der Waals surface area contributed by atoms with Crippen LogP contribution in [-0.4, -0.2) is 31.8 Å². The van der Waals surface area contributed by atoms with Crippen LogP contribution >= 0.6 is 0 Å². The van der Waals surface area contributed by atoms with Crippen molar-refractivity contribution in [3.8, 4) is 22.8 Å². The Bertz CT molecular complexity index is 1150. The second kappa shape index (κ2) is 7.45. The van der Waals surface area contributed by atoms with Crippen LogP contribution in [0.3, 0.4) is 0 Å². The third-order valence-corrected chi connectivity index (χ3v) is 6.43. The van der Waals surface area contributed by atoms with E-state index in [9.17, 15) is 4.79 Å². The van der Waals surface area contributed by atoms with Gasteiger partial charge in [-0.05, 0) is 62.4 Å². The Kier molecular flexibility index (Phi) is 4.73. The summed E-state index contributed by atoms with van der Waals surface area (Å²) in [6.07, 6.45) is 3.58. The molecule has 0 atom stereocenters. The molecule has 2 aromatic carbocycles. The van der Waals surface area contributed by atoms with E-state index < -0.39 is 5.41 Å². The number of anilines is 1. The SMILES string of the molecule is COc1ccc(-c2cc(C3(C(=O)N4CCCc5cc(C)ccc54)CC3)no2)cc1OC. The summed E-state index contributed by atoms with van der Waals surface area (Å²) in [5, 5.41) is 4.32. The molecule has 0 spiro atoms. The summed E-state index contributed by atoms with van der Waals surface area (Å²) in [6.45, 7) is 2.84. The number of ether oxygens (including phenoxy) is 2. The van der Waals surface area contributed by atoms with Crippen molar-refractivity contribution in [2.45, 2.75) is 38.0 Å². The van der Waals surface area contributed by atoms with Gasteiger partial charge in [-0.15, -0.1) is 0 Å². The van der Waals surface area contributed by atoms with Crippen LogP contribution in [0.2, 0.25) is 0 Å². The predicted octanol–water partition coefficient (Wildman–Crippen LogP) is 4.68. The summed E-state index contributed by atoms with van der Waals surface area (Å²) in [5.74, 6) is 2.02. The molecule has 0 unspecified atom stereocenters. The van der Waals surface area contributed by atoms with Crippen molar-refractivity contribution >= 4 is 11.6 Å². The molecule has 0 radical (unpaired) electrons. The molecule has 0 bridgehead atoms. The number of aromatic nitrogens is 1. The Morgan fingerprint density at radius 1 is 1.06 bits per heavy atom. The number of rotatable bonds is 5. The van der Waals surface area contributed by atoms with E-state index in [2.05, 4.69) is 30.3 Å². The number of fused-ring (bicyclic) bond motifs is 1. The zero-order valence-corrected chi connectivity index (χ0v) is 18.1. The molecule has 6 nitrogen and oxygen atoms in total. The first-order valence-corrected chi connectivity index (χ1v) is 10.7. The van der Waals surface area contributed by atoms with E-state index in [1.807, 2.05) is 29.2 Å². The first-order chi connectivity index (χ1) is 15.1. The summed E-state index contributed by atoms with van der Waals surface area (Å²) in [7, 11) is 3.20. The van der Waals surface area contributed by atoms with Crippen molar-refractivity contribution in [2.75, 3.05) is 25.7 Å². The van der Waals surface area contributed by atoms with Gasteiger partial charge in [0.1, 0.15) is 0 Å². The molecule has 2 heterocycles. The maximum atomic E-state index is 13.7. The van der Waals surface area contributed by atoms with Crippen molar-refractivity contribution in [3.63, 3.8) is 0 Å². The minimum Gasteiger partial charge on any atom is -0.493 e. The fourth-order valence-corrected chi connectivity index (χ4v) is 4.53. The Labute approximate surface area is 181 Å². The second-order valence-electron chi connectivity index (χ2n) is 8.42. The van der Waals surface area contributed by atoms with Crippen molar-refractivity contribution in [1.29, 1.82) is 0 Å². The summed E-state index contributed by atoms with van der Waals surface area (Å²) in [4.78, 5) is 15.6. The van der Waals surface area contributed by atoms with Gasteiger partial charge < -0.3 is 18.9 Å². The van der Waals surface area contributed by atoms with Crippen molar-refractivity contribution in [3.05, 3.63) is 59.3 Å². The van der Waals surface area contributed by atoms with Gasteiger partial charge in [0.2, 0.25) is 5.91 Å². The number of benzene rings is 2. The van der Waals surface area contributed by atoms with Gasteiger partial charge in [-0.3, -0.25) is 4.79 Å². The van der Waals surface area contributed by atoms with E-state index in [1.54, 1.807) is 14.2 Å². The van der Waals surface area contributed by atoms with E-state index in [1.165, 1.54) is 11.1 Å². The molecule has 1 aromatic heterocycles. The number of methoxy groups -OCH3 is 2. The van der Waals surface area contributed by atoms with Crippen LogP contribution in [0.25, 0.3) is 11.3 Å². The van der Waals surface area contributed by atoms with Crippen molar-refractivity contribution in [1.82, 2.24) is 5.16 Å². The van der Waals surface area contributed by atoms with Gasteiger partial charge in [0, 0.05) is 23.9 Å². The van der Waals surface area contributed by atoms with Gasteiger partial charge in [-0.25, -0.2) is 0 Å². The number of aryl methyl sites for hydroxylation is 2. The van der Waals surface area contributed by atoms with Gasteiger partial charge in [-0.1, -0.05) is 22.9 Å². The lowest BCUT2D eigenvalue weighted by Crippen LogP contribution is -2.42. The second-order valence-corrected chi connectivity index (χ2v) is 8.42. The lowest BCUT2D eigenvalue weighted by molar-refractivity contribution is -0.121. The van der Waals surface area contributed by atoms with Crippen molar-refractivity contribution in [2.24, 2.45) is 0 Å². The van der Waals surface area contributed by atoms with Crippen LogP contribution in [0, 0.1) is 6.92 Å². The minimum atomic E-state index is -0.586. The van der Waals surface area contributed by atoms with Gasteiger partial charge in [0.15, 0.2) is 17.3 Å². The molecule has 1 aliphatic heterocycles. The smallest absolute Gasteiger partial charge is 0.239 e. The normalized spacial score (nSPS) is 16.5. The number of amides is 1. The lowest BCUT2D eigenvalue weighted by atomic mass is 9.94. The number of hydrogen-bond acceptors (Lipinski definition) is 5. The predicted molar refractivity (Wildman–Crippen MR) is 118 cm³/mol. The summed E-state index contributed by atoms with van der Waals surface area (Å²) >= 11 is 0. The van der Waals surface area contributed by atoms with Crippen LogP contribution in [0.4, 0.5) is 5.69 Å². The van der Waals surface area contributed by atoms with E-state index >= 15 is 0 Å². The molecule has 0 saturated heterocycles. The lowest BCUT2D eigenvalue weighted by Gasteiger charge is -2.32. The Hall–Kier alpha value is -3.28. The Morgan fingerprint density at radius 2 is 1.87 bits per heavy atom. The van der Waals surface area contributed by atoms with Crippen LogP contribution in [0.5, 0.6) is 11.5 Å². The number of hydrogen-bond donors (Lipinski definition) is 0. The largest absolute Gasteiger partial charge is 0.493 e. The molecule has 0 N–H and O–H groups in total. The zero-order valence-electron chi connectivity index (χ0n) is 18.1. The molecule has 6 heteroatoms. The summed E-state index contributed by atoms with van der Waals surface area (Å²) in [6, 6.07) is 13.8. The third kappa shape index (κ3) is 3.26. The van der Waals surface area contributed by atoms with Crippen LogP contribution in [-0.2, 0) is 16.6 Å². The van der Waals surface area contributed by atoms with Crippen LogP contribution in [0.1, 0.15) is 36.1 Å². The average Bonchev–Trinajstić information content (AvgIpc) is 3.46. The first kappa shape index (κ1) is 19.7. The number of carbonyl (C=O) groups excluding carboxylic acids is 1. The quantitative estimate of drug-likeness (QED) is 0.602. The van der Waals surface area contributed by atoms with Gasteiger partial charge in [0.25, 0.3) is 0 Å². The van der Waals surface area contributed by atoms with Gasteiger partial charge in [0.05, 0.1) is 25.3 Å². The fourth-order valence-electron chi connectivity index (χ4n) is 4.53. The molecule has 31 heavy (non-hydrogen) atoms. The molecule has 1 amide bonds. The Balaban J connectivity index is 1.45. The monoisotopic (exact) mass is 418 g/mol. The molecule has 3 aromatic rings. The van der Waals surface area contributed by atoms with E-state index in [0.717, 1.165) is 43.5 Å². The summed E-state index contributed by atoms with van der Waals surface area (Å²) in [5.41, 5.74) is 4.47. The van der Waals surface area contributed by atoms with E-state index in [0.29, 0.717) is 23.0 Å².